The molecule has 0 fully saturated rings. The monoisotopic (exact) mass is 224 g/mol. The molecule has 0 heterocycles. The Kier molecular flexibility index (Phi) is 6.74. The molecule has 0 saturated carbocycles. The van der Waals surface area contributed by atoms with Crippen molar-refractivity contribution >= 4 is 0 Å². The van der Waals surface area contributed by atoms with E-state index in [0.717, 1.165) is 12.5 Å². The second kappa shape index (κ2) is 7.86. The highest BCUT2D eigenvalue weighted by Gasteiger charge is 2.08. The molecule has 0 spiro atoms. The van der Waals surface area contributed by atoms with Gasteiger partial charge in [-0.2, -0.15) is 0 Å². The van der Waals surface area contributed by atoms with Gasteiger partial charge in [0.05, 0.1) is 0 Å². The second-order valence-corrected chi connectivity index (χ2v) is 5.28. The maximum atomic E-state index is 3.59. The molecule has 0 bridgehead atoms. The zero-order valence-electron chi connectivity index (χ0n) is 11.2. The average molecular weight is 224 g/mol. The fraction of sp³-hybridized carbons (Fsp3) is 0.857. The van der Waals surface area contributed by atoms with Crippen molar-refractivity contribution in [2.45, 2.75) is 45.6 Å². The fourth-order valence-electron chi connectivity index (χ4n) is 2.06. The first-order valence-electron chi connectivity index (χ1n) is 6.76. The summed E-state index contributed by atoms with van der Waals surface area (Å²) >= 11 is 0. The molecule has 1 aliphatic carbocycles. The molecule has 0 aliphatic heterocycles. The summed E-state index contributed by atoms with van der Waals surface area (Å²) in [4.78, 5) is 2.41. The number of nitrogens with zero attached hydrogens (tertiary/aromatic N) is 1. The smallest absolute Gasteiger partial charge is 0.00355 e. The molecule has 1 rings (SSSR count). The van der Waals surface area contributed by atoms with E-state index in [-0.39, 0.29) is 0 Å². The lowest BCUT2D eigenvalue weighted by Crippen LogP contribution is -2.31. The summed E-state index contributed by atoms with van der Waals surface area (Å²) in [6.07, 6.45) is 9.84. The van der Waals surface area contributed by atoms with E-state index in [9.17, 15) is 0 Å². The Morgan fingerprint density at radius 1 is 1.38 bits per heavy atom. The van der Waals surface area contributed by atoms with E-state index in [1.54, 1.807) is 0 Å². The summed E-state index contributed by atoms with van der Waals surface area (Å²) in [7, 11) is 2.20. The van der Waals surface area contributed by atoms with Crippen molar-refractivity contribution in [3.05, 3.63) is 12.2 Å². The van der Waals surface area contributed by atoms with E-state index >= 15 is 0 Å². The Morgan fingerprint density at radius 3 is 2.81 bits per heavy atom. The number of nitrogens with one attached hydrogen (secondary N) is 1. The van der Waals surface area contributed by atoms with Crippen LogP contribution in [0.3, 0.4) is 0 Å². The van der Waals surface area contributed by atoms with Crippen LogP contribution in [-0.2, 0) is 0 Å². The number of hydrogen-bond acceptors (Lipinski definition) is 2. The van der Waals surface area contributed by atoms with E-state index in [0.29, 0.717) is 6.04 Å². The molecule has 2 heteroatoms. The molecule has 1 aliphatic rings. The Labute approximate surface area is 101 Å². The fourth-order valence-corrected chi connectivity index (χ4v) is 2.06. The summed E-state index contributed by atoms with van der Waals surface area (Å²) in [5, 5.41) is 3.59. The summed E-state index contributed by atoms with van der Waals surface area (Å²) in [5.41, 5.74) is 0. The van der Waals surface area contributed by atoms with E-state index in [4.69, 9.17) is 0 Å². The van der Waals surface area contributed by atoms with Crippen molar-refractivity contribution in [1.82, 2.24) is 10.2 Å². The first-order valence-corrected chi connectivity index (χ1v) is 6.76. The van der Waals surface area contributed by atoms with Crippen LogP contribution >= 0.6 is 0 Å². The van der Waals surface area contributed by atoms with E-state index in [1.165, 1.54) is 38.8 Å². The van der Waals surface area contributed by atoms with Crippen LogP contribution in [0.1, 0.15) is 39.5 Å². The topological polar surface area (TPSA) is 15.3 Å². The summed E-state index contributed by atoms with van der Waals surface area (Å²) < 4.78 is 0. The Morgan fingerprint density at radius 2 is 2.19 bits per heavy atom. The van der Waals surface area contributed by atoms with E-state index < -0.39 is 0 Å². The van der Waals surface area contributed by atoms with Crippen LogP contribution < -0.4 is 5.32 Å². The third-order valence-corrected chi connectivity index (χ3v) is 3.56. The van der Waals surface area contributed by atoms with Crippen LogP contribution in [0.5, 0.6) is 0 Å². The molecular weight excluding hydrogens is 196 g/mol. The lowest BCUT2D eigenvalue weighted by Gasteiger charge is -2.21. The molecule has 1 unspecified atom stereocenters. The minimum atomic E-state index is 0.670. The van der Waals surface area contributed by atoms with Crippen molar-refractivity contribution in [3.63, 3.8) is 0 Å². The van der Waals surface area contributed by atoms with Gasteiger partial charge < -0.3 is 10.2 Å². The minimum Gasteiger partial charge on any atom is -0.316 e. The molecule has 0 radical (unpaired) electrons. The van der Waals surface area contributed by atoms with Crippen molar-refractivity contribution in [2.24, 2.45) is 5.92 Å². The molecule has 0 aromatic heterocycles. The maximum absolute atomic E-state index is 3.59. The first kappa shape index (κ1) is 13.7. The van der Waals surface area contributed by atoms with Crippen LogP contribution in [0.4, 0.5) is 0 Å². The number of hydrogen-bond donors (Lipinski definition) is 1. The van der Waals surface area contributed by atoms with Crippen LogP contribution in [0.15, 0.2) is 12.2 Å². The summed E-state index contributed by atoms with van der Waals surface area (Å²) in [6, 6.07) is 0.670. The Balaban J connectivity index is 1.93. The van der Waals surface area contributed by atoms with Crippen molar-refractivity contribution < 1.29 is 0 Å². The van der Waals surface area contributed by atoms with Crippen LogP contribution in [0.25, 0.3) is 0 Å². The highest BCUT2D eigenvalue weighted by Crippen LogP contribution is 2.16. The second-order valence-electron chi connectivity index (χ2n) is 5.28. The molecule has 16 heavy (non-hydrogen) atoms. The largest absolute Gasteiger partial charge is 0.316 e. The molecule has 2 nitrogen and oxygen atoms in total. The van der Waals surface area contributed by atoms with Gasteiger partial charge in [-0.25, -0.2) is 0 Å². The van der Waals surface area contributed by atoms with Gasteiger partial charge >= 0.3 is 0 Å². The van der Waals surface area contributed by atoms with Gasteiger partial charge in [0.1, 0.15) is 0 Å². The lowest BCUT2D eigenvalue weighted by atomic mass is 9.94. The molecule has 0 amide bonds. The normalized spacial score (nSPS) is 20.9. The lowest BCUT2D eigenvalue weighted by molar-refractivity contribution is 0.268. The zero-order valence-corrected chi connectivity index (χ0v) is 11.2. The molecule has 0 aromatic rings. The Bertz CT molecular complexity index is 199. The van der Waals surface area contributed by atoms with Gasteiger partial charge in [0.2, 0.25) is 0 Å². The Hall–Kier alpha value is -0.340. The molecule has 94 valence electrons. The summed E-state index contributed by atoms with van der Waals surface area (Å²) in [5.74, 6) is 0.882. The molecular formula is C14H28N2. The van der Waals surface area contributed by atoms with Gasteiger partial charge in [-0.3, -0.25) is 0 Å². The maximum Gasteiger partial charge on any atom is 0.00355 e. The summed E-state index contributed by atoms with van der Waals surface area (Å²) in [6.45, 7) is 8.08. The van der Waals surface area contributed by atoms with Gasteiger partial charge in [0, 0.05) is 6.04 Å². The SMILES string of the molecule is CC(C)N(C)CCCNCC1CC=CCC1. The predicted molar refractivity (Wildman–Crippen MR) is 71.7 cm³/mol. The number of rotatable bonds is 7. The molecule has 1 N–H and O–H groups in total. The average Bonchev–Trinajstić information content (AvgIpc) is 2.29. The number of allylic oxidation sites excluding steroid dienone is 2. The van der Waals surface area contributed by atoms with Gasteiger partial charge in [0.15, 0.2) is 0 Å². The van der Waals surface area contributed by atoms with Gasteiger partial charge in [-0.1, -0.05) is 12.2 Å². The first-order chi connectivity index (χ1) is 7.70. The van der Waals surface area contributed by atoms with Crippen LogP contribution in [-0.4, -0.2) is 37.6 Å². The van der Waals surface area contributed by atoms with Crippen LogP contribution in [0, 0.1) is 5.92 Å². The quantitative estimate of drug-likeness (QED) is 0.528. The predicted octanol–water partition coefficient (Wildman–Crippen LogP) is 2.66. The third-order valence-electron chi connectivity index (χ3n) is 3.56. The highest BCUT2D eigenvalue weighted by molar-refractivity contribution is 4.90. The van der Waals surface area contributed by atoms with Crippen LogP contribution in [0.2, 0.25) is 0 Å². The van der Waals surface area contributed by atoms with Gasteiger partial charge in [-0.05, 0) is 72.1 Å². The highest BCUT2D eigenvalue weighted by atomic mass is 15.1. The van der Waals surface area contributed by atoms with Crippen molar-refractivity contribution in [2.75, 3.05) is 26.7 Å². The molecule has 0 saturated heterocycles. The minimum absolute atomic E-state index is 0.670. The zero-order chi connectivity index (χ0) is 11.8. The van der Waals surface area contributed by atoms with Crippen molar-refractivity contribution in [1.29, 1.82) is 0 Å². The van der Waals surface area contributed by atoms with Gasteiger partial charge in [0.25, 0.3) is 0 Å². The molecule has 0 aromatic carbocycles. The third kappa shape index (κ3) is 5.66. The standard InChI is InChI=1S/C14H28N2/c1-13(2)16(3)11-7-10-15-12-14-8-5-4-6-9-14/h4-5,13-15H,6-12H2,1-3H3. The van der Waals surface area contributed by atoms with Crippen molar-refractivity contribution in [3.8, 4) is 0 Å². The van der Waals surface area contributed by atoms with E-state index in [1.807, 2.05) is 0 Å². The molecule has 1 atom stereocenters. The van der Waals surface area contributed by atoms with Gasteiger partial charge in [-0.15, -0.1) is 0 Å². The van der Waals surface area contributed by atoms with E-state index in [2.05, 4.69) is 43.3 Å².